The minimum absolute atomic E-state index is 0.285. The van der Waals surface area contributed by atoms with Crippen LogP contribution >= 0.6 is 7.37 Å². The summed E-state index contributed by atoms with van der Waals surface area (Å²) in [5.41, 5.74) is 1.34. The van der Waals surface area contributed by atoms with Crippen molar-refractivity contribution in [1.29, 1.82) is 0 Å². The number of benzene rings is 2. The van der Waals surface area contributed by atoms with E-state index in [4.69, 9.17) is 14.0 Å². The van der Waals surface area contributed by atoms with Gasteiger partial charge in [-0.25, -0.2) is 0 Å². The predicted octanol–water partition coefficient (Wildman–Crippen LogP) is 4.43. The number of aliphatic hydroxyl groups is 1. The van der Waals surface area contributed by atoms with Crippen molar-refractivity contribution in [3.63, 3.8) is 0 Å². The molecule has 7 heteroatoms. The van der Waals surface area contributed by atoms with Gasteiger partial charge in [0, 0.05) is 30.7 Å². The molecule has 0 fully saturated rings. The molecular formula is C22H32NO5P. The first kappa shape index (κ1) is 23.3. The summed E-state index contributed by atoms with van der Waals surface area (Å²) in [6.07, 6.45) is 0.738. The zero-order chi connectivity index (χ0) is 21.6. The van der Waals surface area contributed by atoms with E-state index < -0.39 is 13.2 Å². The minimum atomic E-state index is -3.66. The average Bonchev–Trinajstić information content (AvgIpc) is 2.72. The van der Waals surface area contributed by atoms with Crippen molar-refractivity contribution in [1.82, 2.24) is 0 Å². The number of aliphatic hydroxyl groups excluding tert-OH is 1. The summed E-state index contributed by atoms with van der Waals surface area (Å²) in [5.74, 6) is -0.0274. The average molecular weight is 421 g/mol. The molecule has 29 heavy (non-hydrogen) atoms. The fourth-order valence-corrected chi connectivity index (χ4v) is 4.98. The number of nitrogens with zero attached hydrogens (tertiary/aromatic N) is 1. The van der Waals surface area contributed by atoms with Crippen LogP contribution in [0.15, 0.2) is 42.5 Å². The van der Waals surface area contributed by atoms with Crippen LogP contribution < -0.4 is 19.7 Å². The van der Waals surface area contributed by atoms with Crippen LogP contribution in [0.4, 0.5) is 5.69 Å². The van der Waals surface area contributed by atoms with E-state index >= 15 is 0 Å². The van der Waals surface area contributed by atoms with Gasteiger partial charge in [-0.05, 0) is 54.8 Å². The number of methoxy groups -OCH3 is 2. The summed E-state index contributed by atoms with van der Waals surface area (Å²) >= 11 is 0. The first-order valence-electron chi connectivity index (χ1n) is 9.65. The van der Waals surface area contributed by atoms with E-state index in [2.05, 4.69) is 13.8 Å². The molecule has 0 amide bonds. The molecule has 0 saturated carbocycles. The Bertz CT molecular complexity index is 836. The molecule has 0 aromatic heterocycles. The fourth-order valence-electron chi connectivity index (χ4n) is 2.89. The monoisotopic (exact) mass is 421 g/mol. The van der Waals surface area contributed by atoms with E-state index in [0.29, 0.717) is 28.3 Å². The number of hydrogen-bond donors (Lipinski definition) is 1. The van der Waals surface area contributed by atoms with Crippen molar-refractivity contribution in [3.8, 4) is 11.5 Å². The minimum Gasteiger partial charge on any atom is -0.497 e. The van der Waals surface area contributed by atoms with Crippen LogP contribution in [0.5, 0.6) is 11.5 Å². The van der Waals surface area contributed by atoms with E-state index in [9.17, 15) is 9.67 Å². The molecule has 2 unspecified atom stereocenters. The van der Waals surface area contributed by atoms with Crippen LogP contribution in [0.1, 0.15) is 31.7 Å². The van der Waals surface area contributed by atoms with E-state index in [-0.39, 0.29) is 6.61 Å². The van der Waals surface area contributed by atoms with E-state index in [1.54, 1.807) is 30.3 Å². The maximum Gasteiger partial charge on any atom is 0.264 e. The lowest BCUT2D eigenvalue weighted by molar-refractivity contribution is 0.205. The predicted molar refractivity (Wildman–Crippen MR) is 118 cm³/mol. The highest BCUT2D eigenvalue weighted by atomic mass is 31.2. The zero-order valence-electron chi connectivity index (χ0n) is 18.1. The second-order valence-electron chi connectivity index (χ2n) is 7.51. The van der Waals surface area contributed by atoms with Gasteiger partial charge in [-0.3, -0.25) is 4.57 Å². The third-order valence-electron chi connectivity index (χ3n) is 4.74. The van der Waals surface area contributed by atoms with Crippen LogP contribution in [-0.4, -0.2) is 40.0 Å². The molecule has 2 aromatic rings. The molecule has 0 aliphatic rings. The summed E-state index contributed by atoms with van der Waals surface area (Å²) in [4.78, 5) is 1.95. The molecule has 0 spiro atoms. The SMILES string of the molecule is COc1ccc(OC)c(C(O)P(=O)(OCCC(C)C)c2ccc(N(C)C)cc2)c1. The van der Waals surface area contributed by atoms with Crippen LogP contribution in [0, 0.1) is 5.92 Å². The highest BCUT2D eigenvalue weighted by Crippen LogP contribution is 2.59. The number of hydrogen-bond acceptors (Lipinski definition) is 6. The number of anilines is 1. The van der Waals surface area contributed by atoms with E-state index in [1.807, 2.05) is 31.1 Å². The van der Waals surface area contributed by atoms with Gasteiger partial charge in [-0.2, -0.15) is 0 Å². The topological polar surface area (TPSA) is 68.2 Å². The number of ether oxygens (including phenoxy) is 2. The smallest absolute Gasteiger partial charge is 0.264 e. The van der Waals surface area contributed by atoms with Gasteiger partial charge in [0.05, 0.1) is 20.8 Å². The van der Waals surface area contributed by atoms with E-state index in [1.165, 1.54) is 14.2 Å². The van der Waals surface area contributed by atoms with Gasteiger partial charge in [0.2, 0.25) is 0 Å². The normalized spacial score (nSPS) is 14.3. The zero-order valence-corrected chi connectivity index (χ0v) is 19.0. The van der Waals surface area contributed by atoms with Crippen LogP contribution in [-0.2, 0) is 9.09 Å². The van der Waals surface area contributed by atoms with Crippen LogP contribution in [0.25, 0.3) is 0 Å². The van der Waals surface area contributed by atoms with Gasteiger partial charge in [-0.15, -0.1) is 0 Å². The summed E-state index contributed by atoms with van der Waals surface area (Å²) in [5, 5.41) is 11.7. The lowest BCUT2D eigenvalue weighted by Gasteiger charge is -2.26. The molecule has 0 bridgehead atoms. The Balaban J connectivity index is 2.50. The quantitative estimate of drug-likeness (QED) is 0.573. The molecule has 0 heterocycles. The summed E-state index contributed by atoms with van der Waals surface area (Å²) in [7, 11) is 3.26. The van der Waals surface area contributed by atoms with Gasteiger partial charge >= 0.3 is 0 Å². The van der Waals surface area contributed by atoms with Crippen LogP contribution in [0.3, 0.4) is 0 Å². The second-order valence-corrected chi connectivity index (χ2v) is 9.96. The third kappa shape index (κ3) is 5.53. The molecule has 0 saturated heterocycles. The summed E-state index contributed by atoms with van der Waals surface area (Å²) < 4.78 is 30.6. The summed E-state index contributed by atoms with van der Waals surface area (Å²) in [6, 6.07) is 12.3. The molecule has 2 aromatic carbocycles. The molecule has 1 N–H and O–H groups in total. The lowest BCUT2D eigenvalue weighted by atomic mass is 10.2. The molecule has 6 nitrogen and oxygen atoms in total. The van der Waals surface area contributed by atoms with Crippen LogP contribution in [0.2, 0.25) is 0 Å². The maximum absolute atomic E-state index is 14.1. The first-order valence-corrected chi connectivity index (χ1v) is 11.3. The molecule has 0 aliphatic carbocycles. The van der Waals surface area contributed by atoms with Crippen molar-refractivity contribution < 1.29 is 23.7 Å². The lowest BCUT2D eigenvalue weighted by Crippen LogP contribution is -2.17. The Hall–Kier alpha value is -2.01. The van der Waals surface area contributed by atoms with Gasteiger partial charge in [0.1, 0.15) is 11.5 Å². The van der Waals surface area contributed by atoms with Crippen molar-refractivity contribution in [2.24, 2.45) is 5.92 Å². The molecular weight excluding hydrogens is 389 g/mol. The van der Waals surface area contributed by atoms with Crippen molar-refractivity contribution >= 4 is 18.4 Å². The second kappa shape index (κ2) is 10.1. The molecule has 160 valence electrons. The van der Waals surface area contributed by atoms with Crippen molar-refractivity contribution in [2.45, 2.75) is 26.1 Å². The van der Waals surface area contributed by atoms with E-state index in [0.717, 1.165) is 12.1 Å². The maximum atomic E-state index is 14.1. The Morgan fingerprint density at radius 3 is 2.21 bits per heavy atom. The Morgan fingerprint density at radius 1 is 1.03 bits per heavy atom. The third-order valence-corrected chi connectivity index (χ3v) is 7.25. The Kier molecular flexibility index (Phi) is 8.14. The van der Waals surface area contributed by atoms with Gasteiger partial charge in [0.15, 0.2) is 5.85 Å². The standard InChI is InChI=1S/C22H32NO5P/c1-16(2)13-14-28-29(25,19-10-7-17(8-11-19)23(3)4)22(24)20-15-18(26-5)9-12-21(20)27-6/h7-12,15-16,22,24H,13-14H2,1-6H3. The highest BCUT2D eigenvalue weighted by molar-refractivity contribution is 7.67. The molecule has 0 radical (unpaired) electrons. The first-order chi connectivity index (χ1) is 13.7. The van der Waals surface area contributed by atoms with Crippen molar-refractivity contribution in [3.05, 3.63) is 48.0 Å². The Morgan fingerprint density at radius 2 is 1.69 bits per heavy atom. The largest absolute Gasteiger partial charge is 0.497 e. The molecule has 2 rings (SSSR count). The van der Waals surface area contributed by atoms with Crippen molar-refractivity contribution in [2.75, 3.05) is 39.8 Å². The van der Waals surface area contributed by atoms with Gasteiger partial charge < -0.3 is 24.0 Å². The molecule has 0 aliphatic heterocycles. The fraction of sp³-hybridized carbons (Fsp3) is 0.455. The Labute approximate surface area is 173 Å². The van der Waals surface area contributed by atoms with Gasteiger partial charge in [-0.1, -0.05) is 13.8 Å². The highest BCUT2D eigenvalue weighted by Gasteiger charge is 2.38. The number of rotatable bonds is 10. The molecule has 2 atom stereocenters. The summed E-state index contributed by atoms with van der Waals surface area (Å²) in [6.45, 7) is 4.43. The van der Waals surface area contributed by atoms with Gasteiger partial charge in [0.25, 0.3) is 7.37 Å².